The molecule has 2 amide bonds. The van der Waals surface area contributed by atoms with Crippen LogP contribution in [0.15, 0.2) is 49.1 Å². The van der Waals surface area contributed by atoms with Crippen molar-refractivity contribution in [3.05, 3.63) is 65.1 Å². The van der Waals surface area contributed by atoms with Gasteiger partial charge in [-0.15, -0.1) is 0 Å². The fourth-order valence-corrected chi connectivity index (χ4v) is 3.50. The molecule has 1 saturated heterocycles. The Labute approximate surface area is 170 Å². The standard InChI is InChI=1S/C23H24N4O2/c1-2-4-18-12-19(17-6-3-5-16(11-17)14-24)13-22(21(18)15-25)29-20-7-9-27(10-8-20)23(26)28/h2-6,11-13,15,20H,1,7-10,25H2,(H2,26,28)/b18-4-,21-15+. The van der Waals surface area contributed by atoms with Crippen LogP contribution in [-0.4, -0.2) is 30.1 Å². The zero-order valence-corrected chi connectivity index (χ0v) is 16.2. The van der Waals surface area contributed by atoms with Gasteiger partial charge in [-0.3, -0.25) is 0 Å². The number of amides is 2. The van der Waals surface area contributed by atoms with E-state index in [-0.39, 0.29) is 6.10 Å². The Morgan fingerprint density at radius 2 is 2.00 bits per heavy atom. The summed E-state index contributed by atoms with van der Waals surface area (Å²) in [6.07, 6.45) is 6.45. The molecule has 0 unspecified atom stereocenters. The Kier molecular flexibility index (Phi) is 6.20. The van der Waals surface area contributed by atoms with Gasteiger partial charge in [-0.25, -0.2) is 4.79 Å². The number of nitrogens with zero attached hydrogens (tertiary/aromatic N) is 2. The lowest BCUT2D eigenvalue weighted by Gasteiger charge is -2.31. The Bertz CT molecular complexity index is 1080. The second-order valence-electron chi connectivity index (χ2n) is 6.88. The molecule has 0 saturated carbocycles. The van der Waals surface area contributed by atoms with Crippen molar-refractivity contribution < 1.29 is 9.53 Å². The Morgan fingerprint density at radius 1 is 1.24 bits per heavy atom. The van der Waals surface area contributed by atoms with E-state index in [4.69, 9.17) is 16.2 Å². The SMILES string of the molecule is C=C/C=c1/cc(-c2cccc(C#N)c2)cc(OC2CCN(C(N)=O)CC2)/c1=C/N. The summed E-state index contributed by atoms with van der Waals surface area (Å²) >= 11 is 0. The molecule has 2 aromatic carbocycles. The number of carbonyl (C=O) groups excluding carboxylic acids is 1. The quantitative estimate of drug-likeness (QED) is 0.833. The fourth-order valence-electron chi connectivity index (χ4n) is 3.50. The molecule has 0 spiro atoms. The minimum absolute atomic E-state index is 0.0402. The van der Waals surface area contributed by atoms with Crippen LogP contribution in [0, 0.1) is 11.3 Å². The van der Waals surface area contributed by atoms with Gasteiger partial charge in [0.25, 0.3) is 0 Å². The molecule has 2 aromatic rings. The molecule has 29 heavy (non-hydrogen) atoms. The largest absolute Gasteiger partial charge is 0.490 e. The molecule has 4 N–H and O–H groups in total. The molecule has 1 heterocycles. The molecule has 0 aromatic heterocycles. The number of piperidine rings is 1. The minimum atomic E-state index is -0.401. The maximum atomic E-state index is 11.3. The van der Waals surface area contributed by atoms with E-state index in [2.05, 4.69) is 12.6 Å². The average Bonchev–Trinajstić information content (AvgIpc) is 2.74. The van der Waals surface area contributed by atoms with E-state index in [0.717, 1.165) is 21.6 Å². The smallest absolute Gasteiger partial charge is 0.314 e. The zero-order valence-electron chi connectivity index (χ0n) is 16.2. The van der Waals surface area contributed by atoms with E-state index < -0.39 is 6.03 Å². The van der Waals surface area contributed by atoms with Gasteiger partial charge in [0.1, 0.15) is 11.9 Å². The molecule has 148 valence electrons. The molecule has 0 bridgehead atoms. The van der Waals surface area contributed by atoms with Crippen molar-refractivity contribution in [2.24, 2.45) is 11.5 Å². The molecule has 1 aliphatic heterocycles. The van der Waals surface area contributed by atoms with Crippen LogP contribution in [0.4, 0.5) is 4.79 Å². The van der Waals surface area contributed by atoms with E-state index in [1.165, 1.54) is 6.20 Å². The van der Waals surface area contributed by atoms with Crippen molar-refractivity contribution >= 4 is 18.3 Å². The monoisotopic (exact) mass is 388 g/mol. The third-order valence-electron chi connectivity index (χ3n) is 5.01. The predicted octanol–water partition coefficient (Wildman–Crippen LogP) is 1.81. The summed E-state index contributed by atoms with van der Waals surface area (Å²) in [7, 11) is 0. The molecule has 0 atom stereocenters. The molecular formula is C23H24N4O2. The van der Waals surface area contributed by atoms with Gasteiger partial charge in [-0.2, -0.15) is 5.26 Å². The van der Waals surface area contributed by atoms with E-state index in [1.807, 2.05) is 36.4 Å². The summed E-state index contributed by atoms with van der Waals surface area (Å²) in [5.41, 5.74) is 13.7. The summed E-state index contributed by atoms with van der Waals surface area (Å²) in [4.78, 5) is 13.0. The lowest BCUT2D eigenvalue weighted by Crippen LogP contribution is -2.44. The van der Waals surface area contributed by atoms with Crippen LogP contribution in [0.25, 0.3) is 23.4 Å². The van der Waals surface area contributed by atoms with Gasteiger partial charge >= 0.3 is 6.03 Å². The first-order valence-corrected chi connectivity index (χ1v) is 9.46. The maximum absolute atomic E-state index is 11.3. The van der Waals surface area contributed by atoms with Gasteiger partial charge < -0.3 is 21.1 Å². The van der Waals surface area contributed by atoms with Crippen LogP contribution in [0.3, 0.4) is 0 Å². The molecule has 0 radical (unpaired) electrons. The number of nitriles is 1. The average molecular weight is 388 g/mol. The predicted molar refractivity (Wildman–Crippen MR) is 114 cm³/mol. The van der Waals surface area contributed by atoms with E-state index in [9.17, 15) is 10.1 Å². The van der Waals surface area contributed by atoms with Crippen LogP contribution in [0.2, 0.25) is 0 Å². The molecular weight excluding hydrogens is 364 g/mol. The van der Waals surface area contributed by atoms with Gasteiger partial charge in [0.15, 0.2) is 0 Å². The lowest BCUT2D eigenvalue weighted by atomic mass is 10.0. The number of hydrogen-bond acceptors (Lipinski definition) is 4. The number of primary amides is 1. The molecule has 6 heteroatoms. The summed E-state index contributed by atoms with van der Waals surface area (Å²) in [6, 6.07) is 13.1. The molecule has 6 nitrogen and oxygen atoms in total. The molecule has 0 aliphatic carbocycles. The highest BCUT2D eigenvalue weighted by Gasteiger charge is 2.23. The van der Waals surface area contributed by atoms with Crippen molar-refractivity contribution in [1.29, 1.82) is 5.26 Å². The van der Waals surface area contributed by atoms with Gasteiger partial charge in [0.05, 0.1) is 11.6 Å². The number of urea groups is 1. The van der Waals surface area contributed by atoms with Crippen molar-refractivity contribution in [1.82, 2.24) is 4.90 Å². The van der Waals surface area contributed by atoms with E-state index in [0.29, 0.717) is 37.2 Å². The first-order valence-electron chi connectivity index (χ1n) is 9.46. The summed E-state index contributed by atoms with van der Waals surface area (Å²) < 4.78 is 6.30. The van der Waals surface area contributed by atoms with Crippen molar-refractivity contribution in [2.45, 2.75) is 18.9 Å². The fraction of sp³-hybridized carbons (Fsp3) is 0.217. The summed E-state index contributed by atoms with van der Waals surface area (Å²) in [5, 5.41) is 10.9. The highest BCUT2D eigenvalue weighted by atomic mass is 16.5. The van der Waals surface area contributed by atoms with Gasteiger partial charge in [-0.05, 0) is 40.6 Å². The third kappa shape index (κ3) is 4.58. The minimum Gasteiger partial charge on any atom is -0.490 e. The summed E-state index contributed by atoms with van der Waals surface area (Å²) in [5.74, 6) is 0.665. The number of allylic oxidation sites excluding steroid dienone is 1. The number of rotatable bonds is 4. The van der Waals surface area contributed by atoms with Crippen LogP contribution in [0.1, 0.15) is 18.4 Å². The Hall–Kier alpha value is -3.72. The van der Waals surface area contributed by atoms with Gasteiger partial charge in [0.2, 0.25) is 0 Å². The van der Waals surface area contributed by atoms with E-state index >= 15 is 0 Å². The number of carbonyl (C=O) groups is 1. The molecule has 1 fully saturated rings. The van der Waals surface area contributed by atoms with Gasteiger partial charge in [0, 0.05) is 37.3 Å². The molecule has 3 rings (SSSR count). The van der Waals surface area contributed by atoms with Crippen LogP contribution in [-0.2, 0) is 0 Å². The van der Waals surface area contributed by atoms with Crippen LogP contribution in [0.5, 0.6) is 5.75 Å². The van der Waals surface area contributed by atoms with Crippen molar-refractivity contribution in [2.75, 3.05) is 13.1 Å². The number of hydrogen-bond donors (Lipinski definition) is 2. The van der Waals surface area contributed by atoms with E-state index in [1.54, 1.807) is 17.0 Å². The van der Waals surface area contributed by atoms with Crippen molar-refractivity contribution in [3.63, 3.8) is 0 Å². The lowest BCUT2D eigenvalue weighted by molar-refractivity contribution is 0.113. The second kappa shape index (κ2) is 8.98. The highest BCUT2D eigenvalue weighted by Crippen LogP contribution is 2.23. The number of ether oxygens (including phenoxy) is 1. The van der Waals surface area contributed by atoms with Gasteiger partial charge in [-0.1, -0.05) is 30.9 Å². The molecule has 1 aliphatic rings. The first kappa shape index (κ1) is 20.0. The summed E-state index contributed by atoms with van der Waals surface area (Å²) in [6.45, 7) is 4.92. The Balaban J connectivity index is 2.00. The van der Waals surface area contributed by atoms with Crippen LogP contribution < -0.4 is 26.6 Å². The first-order chi connectivity index (χ1) is 14.0. The van der Waals surface area contributed by atoms with Crippen LogP contribution >= 0.6 is 0 Å². The highest BCUT2D eigenvalue weighted by molar-refractivity contribution is 5.72. The second-order valence-corrected chi connectivity index (χ2v) is 6.88. The maximum Gasteiger partial charge on any atom is 0.314 e. The number of likely N-dealkylation sites (tertiary alicyclic amines) is 1. The Morgan fingerprint density at radius 3 is 2.62 bits per heavy atom. The normalized spacial score (nSPS) is 15.8. The third-order valence-corrected chi connectivity index (χ3v) is 5.01. The number of nitrogens with two attached hydrogens (primary N) is 2. The number of benzene rings is 2. The zero-order chi connectivity index (χ0) is 20.8. The topological polar surface area (TPSA) is 105 Å². The van der Waals surface area contributed by atoms with Crippen molar-refractivity contribution in [3.8, 4) is 22.9 Å².